The number of rotatable bonds is 3. The van der Waals surface area contributed by atoms with Gasteiger partial charge < -0.3 is 9.30 Å². The van der Waals surface area contributed by atoms with Crippen LogP contribution >= 0.6 is 12.4 Å². The molecular formula is C18H18ClFN2O. The predicted octanol–water partition coefficient (Wildman–Crippen LogP) is 4.28. The molecule has 1 aliphatic rings. The van der Waals surface area contributed by atoms with Gasteiger partial charge in [0.15, 0.2) is 0 Å². The van der Waals surface area contributed by atoms with Gasteiger partial charge in [-0.1, -0.05) is 0 Å². The second-order valence-corrected chi connectivity index (χ2v) is 5.84. The van der Waals surface area contributed by atoms with Crippen LogP contribution in [0.15, 0.2) is 36.5 Å². The molecule has 1 unspecified atom stereocenters. The first kappa shape index (κ1) is 16.0. The molecule has 0 aliphatic carbocycles. The van der Waals surface area contributed by atoms with Crippen LogP contribution in [0.4, 0.5) is 4.39 Å². The van der Waals surface area contributed by atoms with Gasteiger partial charge in [0, 0.05) is 22.8 Å². The Balaban J connectivity index is 0.00000156. The van der Waals surface area contributed by atoms with Crippen molar-refractivity contribution in [2.45, 2.75) is 26.5 Å². The molecule has 0 bridgehead atoms. The summed E-state index contributed by atoms with van der Waals surface area (Å²) in [6.45, 7) is 5.93. The smallest absolute Gasteiger partial charge is 0.123 e. The van der Waals surface area contributed by atoms with E-state index in [1.807, 2.05) is 6.20 Å². The van der Waals surface area contributed by atoms with Crippen molar-refractivity contribution in [3.05, 3.63) is 53.6 Å². The third-order valence-electron chi connectivity index (χ3n) is 4.45. The Labute approximate surface area is 140 Å². The molecule has 4 rings (SSSR count). The van der Waals surface area contributed by atoms with Crippen LogP contribution in [0.25, 0.3) is 22.2 Å². The summed E-state index contributed by atoms with van der Waals surface area (Å²) in [5.41, 5.74) is 5.44. The van der Waals surface area contributed by atoms with Gasteiger partial charge in [0.05, 0.1) is 30.5 Å². The van der Waals surface area contributed by atoms with Gasteiger partial charge in [-0.25, -0.2) is 4.39 Å². The Bertz CT molecular complexity index is 854. The third-order valence-corrected chi connectivity index (χ3v) is 4.45. The summed E-state index contributed by atoms with van der Waals surface area (Å²) in [6, 6.07) is 8.58. The Morgan fingerprint density at radius 2 is 1.91 bits per heavy atom. The van der Waals surface area contributed by atoms with Crippen LogP contribution in [0, 0.1) is 19.7 Å². The first-order valence-electron chi connectivity index (χ1n) is 7.47. The predicted molar refractivity (Wildman–Crippen MR) is 91.6 cm³/mol. The lowest BCUT2D eigenvalue weighted by Gasteiger charge is -2.10. The van der Waals surface area contributed by atoms with Gasteiger partial charge in [0.1, 0.15) is 5.82 Å². The molecule has 3 aromatic rings. The average molecular weight is 333 g/mol. The molecule has 0 amide bonds. The number of aryl methyl sites for hydroxylation is 1. The Kier molecular flexibility index (Phi) is 4.13. The number of nitrogens with zero attached hydrogens (tertiary/aromatic N) is 2. The average Bonchev–Trinajstić information content (AvgIpc) is 3.32. The second kappa shape index (κ2) is 5.95. The van der Waals surface area contributed by atoms with E-state index in [9.17, 15) is 4.39 Å². The minimum atomic E-state index is -0.231. The molecule has 1 aliphatic heterocycles. The summed E-state index contributed by atoms with van der Waals surface area (Å²) in [4.78, 5) is 4.57. The van der Waals surface area contributed by atoms with Gasteiger partial charge in [0.25, 0.3) is 0 Å². The molecule has 0 saturated carbocycles. The van der Waals surface area contributed by atoms with E-state index in [4.69, 9.17) is 4.74 Å². The van der Waals surface area contributed by atoms with Crippen molar-refractivity contribution in [1.82, 2.24) is 9.55 Å². The first-order chi connectivity index (χ1) is 10.6. The fourth-order valence-corrected chi connectivity index (χ4v) is 3.02. The topological polar surface area (TPSA) is 30.4 Å². The number of benzene rings is 1. The molecule has 0 N–H and O–H groups in total. The number of ether oxygens (including phenoxy) is 1. The van der Waals surface area contributed by atoms with Crippen molar-refractivity contribution in [2.24, 2.45) is 0 Å². The van der Waals surface area contributed by atoms with E-state index in [2.05, 4.69) is 29.5 Å². The highest BCUT2D eigenvalue weighted by atomic mass is 35.5. The van der Waals surface area contributed by atoms with Crippen LogP contribution in [-0.2, 0) is 11.3 Å². The monoisotopic (exact) mass is 332 g/mol. The normalized spacial score (nSPS) is 16.4. The molecule has 1 fully saturated rings. The molecule has 5 heteroatoms. The molecule has 3 heterocycles. The summed E-state index contributed by atoms with van der Waals surface area (Å²) in [7, 11) is 0. The zero-order valence-electron chi connectivity index (χ0n) is 13.0. The highest BCUT2D eigenvalue weighted by molar-refractivity contribution is 5.95. The summed E-state index contributed by atoms with van der Waals surface area (Å²) in [6.07, 6.45) is 2.13. The number of hydrogen-bond acceptors (Lipinski definition) is 2. The Morgan fingerprint density at radius 3 is 2.57 bits per heavy atom. The molecule has 0 radical (unpaired) electrons. The van der Waals surface area contributed by atoms with Crippen molar-refractivity contribution in [1.29, 1.82) is 0 Å². The van der Waals surface area contributed by atoms with Crippen LogP contribution in [0.2, 0.25) is 0 Å². The molecule has 120 valence electrons. The SMILES string of the molecule is Cc1c(C)n(CC2CO2)c2c(-c3ccc(F)cc3)nccc12.Cl. The van der Waals surface area contributed by atoms with Crippen molar-refractivity contribution >= 4 is 23.3 Å². The second-order valence-electron chi connectivity index (χ2n) is 5.84. The Hall–Kier alpha value is -1.91. The van der Waals surface area contributed by atoms with Gasteiger partial charge in [-0.2, -0.15) is 0 Å². The highest BCUT2D eigenvalue weighted by Gasteiger charge is 2.26. The van der Waals surface area contributed by atoms with E-state index in [0.29, 0.717) is 6.10 Å². The molecule has 0 spiro atoms. The summed E-state index contributed by atoms with van der Waals surface area (Å²) in [5.74, 6) is -0.231. The highest BCUT2D eigenvalue weighted by Crippen LogP contribution is 2.33. The molecule has 2 aromatic heterocycles. The lowest BCUT2D eigenvalue weighted by atomic mass is 10.1. The minimum absolute atomic E-state index is 0. The van der Waals surface area contributed by atoms with Crippen LogP contribution < -0.4 is 0 Å². The van der Waals surface area contributed by atoms with Crippen molar-refractivity contribution < 1.29 is 9.13 Å². The zero-order chi connectivity index (χ0) is 15.3. The van der Waals surface area contributed by atoms with E-state index < -0.39 is 0 Å². The quantitative estimate of drug-likeness (QED) is 0.670. The minimum Gasteiger partial charge on any atom is -0.371 e. The number of hydrogen-bond donors (Lipinski definition) is 0. The third kappa shape index (κ3) is 2.73. The molecule has 1 aromatic carbocycles. The molecular weight excluding hydrogens is 315 g/mol. The van der Waals surface area contributed by atoms with E-state index in [1.54, 1.807) is 12.1 Å². The number of aromatic nitrogens is 2. The zero-order valence-corrected chi connectivity index (χ0v) is 13.9. The fourth-order valence-electron chi connectivity index (χ4n) is 3.02. The van der Waals surface area contributed by atoms with E-state index in [1.165, 1.54) is 28.8 Å². The molecule has 1 saturated heterocycles. The fraction of sp³-hybridized carbons (Fsp3) is 0.278. The maximum atomic E-state index is 13.2. The van der Waals surface area contributed by atoms with Crippen LogP contribution in [-0.4, -0.2) is 22.3 Å². The summed E-state index contributed by atoms with van der Waals surface area (Å²) < 4.78 is 20.9. The van der Waals surface area contributed by atoms with Gasteiger partial charge in [0.2, 0.25) is 0 Å². The lowest BCUT2D eigenvalue weighted by molar-refractivity contribution is 0.384. The van der Waals surface area contributed by atoms with Crippen LogP contribution in [0.1, 0.15) is 11.3 Å². The van der Waals surface area contributed by atoms with Gasteiger partial charge in [-0.3, -0.25) is 4.98 Å². The molecule has 1 atom stereocenters. The first-order valence-corrected chi connectivity index (χ1v) is 7.47. The van der Waals surface area contributed by atoms with E-state index >= 15 is 0 Å². The maximum Gasteiger partial charge on any atom is 0.123 e. The van der Waals surface area contributed by atoms with Crippen LogP contribution in [0.5, 0.6) is 0 Å². The van der Waals surface area contributed by atoms with Gasteiger partial charge in [-0.05, 0) is 49.7 Å². The summed E-state index contributed by atoms with van der Waals surface area (Å²) >= 11 is 0. The van der Waals surface area contributed by atoms with Crippen molar-refractivity contribution in [3.63, 3.8) is 0 Å². The van der Waals surface area contributed by atoms with Gasteiger partial charge >= 0.3 is 0 Å². The van der Waals surface area contributed by atoms with Crippen LogP contribution in [0.3, 0.4) is 0 Å². The molecule has 23 heavy (non-hydrogen) atoms. The number of halogens is 2. The van der Waals surface area contributed by atoms with E-state index in [0.717, 1.165) is 29.9 Å². The van der Waals surface area contributed by atoms with Crippen molar-refractivity contribution in [2.75, 3.05) is 6.61 Å². The number of pyridine rings is 1. The lowest BCUT2D eigenvalue weighted by Crippen LogP contribution is -2.06. The van der Waals surface area contributed by atoms with Crippen molar-refractivity contribution in [3.8, 4) is 11.3 Å². The summed E-state index contributed by atoms with van der Waals surface area (Å²) in [5, 5.41) is 1.20. The largest absolute Gasteiger partial charge is 0.371 e. The number of epoxide rings is 1. The number of fused-ring (bicyclic) bond motifs is 1. The maximum absolute atomic E-state index is 13.2. The molecule has 3 nitrogen and oxygen atoms in total. The van der Waals surface area contributed by atoms with Gasteiger partial charge in [-0.15, -0.1) is 12.4 Å². The standard InChI is InChI=1S/C18H17FN2O.ClH/c1-11-12(2)21(9-15-10-22-15)18-16(11)7-8-20-17(18)13-3-5-14(19)6-4-13;/h3-8,15H,9-10H2,1-2H3;1H. The Morgan fingerprint density at radius 1 is 1.22 bits per heavy atom. The van der Waals surface area contributed by atoms with E-state index in [-0.39, 0.29) is 18.2 Å².